The molecule has 0 bridgehead atoms. The Morgan fingerprint density at radius 3 is 2.90 bits per heavy atom. The van der Waals surface area contributed by atoms with E-state index in [9.17, 15) is 0 Å². The van der Waals surface area contributed by atoms with Crippen molar-refractivity contribution in [3.8, 4) is 0 Å². The molecule has 2 aromatic carbocycles. The number of anilines is 1. The summed E-state index contributed by atoms with van der Waals surface area (Å²) in [4.78, 5) is 6.62. The standard InChI is InChI=1S/C16H14BrN3/c17-12-5-6-14-11(8-12)7-10-3-1-2-4-13(10)15-16(18)19-9-20(14)15/h1-6,8-9,15-16H,7,18H2. The topological polar surface area (TPSA) is 41.6 Å². The molecule has 0 aromatic heterocycles. The molecule has 0 saturated carbocycles. The summed E-state index contributed by atoms with van der Waals surface area (Å²) in [7, 11) is 0. The smallest absolute Gasteiger partial charge is 0.124 e. The van der Waals surface area contributed by atoms with Crippen LogP contribution in [0.15, 0.2) is 51.9 Å². The fourth-order valence-electron chi connectivity index (χ4n) is 3.15. The third-order valence-corrected chi connectivity index (χ3v) is 4.55. The van der Waals surface area contributed by atoms with Gasteiger partial charge in [-0.1, -0.05) is 40.2 Å². The number of halogens is 1. The summed E-state index contributed by atoms with van der Waals surface area (Å²) in [5.74, 6) is 0. The highest BCUT2D eigenvalue weighted by Crippen LogP contribution is 2.40. The zero-order chi connectivity index (χ0) is 13.7. The third kappa shape index (κ3) is 1.72. The fourth-order valence-corrected chi connectivity index (χ4v) is 3.56. The molecule has 20 heavy (non-hydrogen) atoms. The Morgan fingerprint density at radius 2 is 2.00 bits per heavy atom. The second-order valence-corrected chi connectivity index (χ2v) is 6.17. The number of benzene rings is 2. The van der Waals surface area contributed by atoms with Crippen LogP contribution in [0.3, 0.4) is 0 Å². The molecule has 0 amide bonds. The van der Waals surface area contributed by atoms with Gasteiger partial charge in [-0.3, -0.25) is 4.99 Å². The number of hydrogen-bond donors (Lipinski definition) is 1. The Hall–Kier alpha value is -1.65. The van der Waals surface area contributed by atoms with Crippen LogP contribution >= 0.6 is 15.9 Å². The third-order valence-electron chi connectivity index (χ3n) is 4.06. The lowest BCUT2D eigenvalue weighted by Gasteiger charge is -2.26. The first kappa shape index (κ1) is 12.1. The summed E-state index contributed by atoms with van der Waals surface area (Å²) < 4.78 is 1.10. The van der Waals surface area contributed by atoms with E-state index in [-0.39, 0.29) is 12.2 Å². The van der Waals surface area contributed by atoms with E-state index in [1.54, 1.807) is 0 Å². The molecule has 4 rings (SSSR count). The van der Waals surface area contributed by atoms with Crippen LogP contribution in [0.25, 0.3) is 0 Å². The highest BCUT2D eigenvalue weighted by Gasteiger charge is 2.35. The van der Waals surface area contributed by atoms with Gasteiger partial charge in [-0.05, 0) is 41.3 Å². The minimum Gasteiger partial charge on any atom is -0.321 e. The van der Waals surface area contributed by atoms with Crippen molar-refractivity contribution in [2.45, 2.75) is 18.6 Å². The number of aliphatic imine (C=N–C) groups is 1. The second kappa shape index (κ2) is 4.43. The molecule has 2 unspecified atom stereocenters. The maximum absolute atomic E-state index is 6.21. The van der Waals surface area contributed by atoms with Gasteiger partial charge in [0.25, 0.3) is 0 Å². The van der Waals surface area contributed by atoms with Crippen LogP contribution < -0.4 is 10.6 Å². The first-order chi connectivity index (χ1) is 9.74. The molecule has 100 valence electrons. The quantitative estimate of drug-likeness (QED) is 0.807. The number of fused-ring (bicyclic) bond motifs is 5. The summed E-state index contributed by atoms with van der Waals surface area (Å²) >= 11 is 3.56. The minimum atomic E-state index is -0.203. The van der Waals surface area contributed by atoms with Gasteiger partial charge < -0.3 is 10.6 Å². The molecule has 3 nitrogen and oxygen atoms in total. The van der Waals surface area contributed by atoms with Gasteiger partial charge in [0, 0.05) is 10.2 Å². The van der Waals surface area contributed by atoms with E-state index in [1.165, 1.54) is 22.4 Å². The molecule has 2 N–H and O–H groups in total. The van der Waals surface area contributed by atoms with Crippen LogP contribution in [0.5, 0.6) is 0 Å². The van der Waals surface area contributed by atoms with Gasteiger partial charge in [-0.2, -0.15) is 0 Å². The molecule has 2 aliphatic heterocycles. The summed E-state index contributed by atoms with van der Waals surface area (Å²) in [6.07, 6.45) is 2.61. The van der Waals surface area contributed by atoms with Gasteiger partial charge in [-0.15, -0.1) is 0 Å². The monoisotopic (exact) mass is 327 g/mol. The Morgan fingerprint density at radius 1 is 1.15 bits per heavy atom. The van der Waals surface area contributed by atoms with Crippen LogP contribution in [0, 0.1) is 0 Å². The number of nitrogens with zero attached hydrogens (tertiary/aromatic N) is 2. The van der Waals surface area contributed by atoms with Gasteiger partial charge in [0.2, 0.25) is 0 Å². The Labute approximate surface area is 126 Å². The molecule has 2 aromatic rings. The van der Waals surface area contributed by atoms with Crippen LogP contribution in [0.4, 0.5) is 5.69 Å². The Balaban J connectivity index is 1.97. The molecule has 2 aliphatic rings. The lowest BCUT2D eigenvalue weighted by atomic mass is 9.96. The Kier molecular flexibility index (Phi) is 2.69. The number of hydrogen-bond acceptors (Lipinski definition) is 3. The Bertz CT molecular complexity index is 711. The average Bonchev–Trinajstić information content (AvgIpc) is 2.75. The highest BCUT2D eigenvalue weighted by molar-refractivity contribution is 9.10. The van der Waals surface area contributed by atoms with Crippen LogP contribution in [0.1, 0.15) is 22.7 Å². The predicted molar refractivity (Wildman–Crippen MR) is 85.1 cm³/mol. The summed E-state index contributed by atoms with van der Waals surface area (Å²) in [6, 6.07) is 15.0. The largest absolute Gasteiger partial charge is 0.321 e. The second-order valence-electron chi connectivity index (χ2n) is 5.26. The number of rotatable bonds is 0. The number of nitrogens with two attached hydrogens (primary N) is 1. The van der Waals surface area contributed by atoms with Gasteiger partial charge in [-0.25, -0.2) is 0 Å². The van der Waals surface area contributed by atoms with Crippen molar-refractivity contribution < 1.29 is 0 Å². The van der Waals surface area contributed by atoms with Crippen molar-refractivity contribution in [1.82, 2.24) is 0 Å². The molecule has 4 heteroatoms. The van der Waals surface area contributed by atoms with Gasteiger partial charge >= 0.3 is 0 Å². The molecular weight excluding hydrogens is 314 g/mol. The molecule has 0 radical (unpaired) electrons. The first-order valence-corrected chi connectivity index (χ1v) is 7.47. The van der Waals surface area contributed by atoms with Gasteiger partial charge in [0.05, 0.1) is 12.4 Å². The SMILES string of the molecule is NC1N=CN2c3ccc(Br)cc3Cc3ccccc3C12. The lowest BCUT2D eigenvalue weighted by Crippen LogP contribution is -2.33. The van der Waals surface area contributed by atoms with Crippen LogP contribution in [0.2, 0.25) is 0 Å². The molecule has 0 aliphatic carbocycles. The van der Waals surface area contributed by atoms with Crippen molar-refractivity contribution in [1.29, 1.82) is 0 Å². The highest BCUT2D eigenvalue weighted by atomic mass is 79.9. The van der Waals surface area contributed by atoms with E-state index in [0.717, 1.165) is 10.9 Å². The van der Waals surface area contributed by atoms with Crippen molar-refractivity contribution in [3.05, 3.63) is 63.6 Å². The minimum absolute atomic E-state index is 0.105. The predicted octanol–water partition coefficient (Wildman–Crippen LogP) is 3.23. The van der Waals surface area contributed by atoms with E-state index in [0.29, 0.717) is 0 Å². The zero-order valence-corrected chi connectivity index (χ0v) is 12.4. The molecule has 0 fully saturated rings. The molecular formula is C16H14BrN3. The van der Waals surface area contributed by atoms with Crippen molar-refractivity contribution in [3.63, 3.8) is 0 Å². The summed E-state index contributed by atoms with van der Waals surface area (Å²) in [6.45, 7) is 0. The van der Waals surface area contributed by atoms with E-state index >= 15 is 0 Å². The van der Waals surface area contributed by atoms with E-state index in [4.69, 9.17) is 5.73 Å². The van der Waals surface area contributed by atoms with E-state index in [2.05, 4.69) is 68.3 Å². The summed E-state index contributed by atoms with van der Waals surface area (Å²) in [5, 5.41) is 0. The van der Waals surface area contributed by atoms with Crippen LogP contribution in [-0.4, -0.2) is 12.5 Å². The molecule has 2 atom stereocenters. The van der Waals surface area contributed by atoms with Gasteiger partial charge in [0.1, 0.15) is 6.17 Å². The van der Waals surface area contributed by atoms with Crippen molar-refractivity contribution >= 4 is 28.0 Å². The lowest BCUT2D eigenvalue weighted by molar-refractivity contribution is 0.602. The van der Waals surface area contributed by atoms with E-state index in [1.807, 2.05) is 6.34 Å². The van der Waals surface area contributed by atoms with E-state index < -0.39 is 0 Å². The van der Waals surface area contributed by atoms with Crippen molar-refractivity contribution in [2.75, 3.05) is 4.90 Å². The molecule has 0 spiro atoms. The molecule has 0 saturated heterocycles. The first-order valence-electron chi connectivity index (χ1n) is 6.67. The fraction of sp³-hybridized carbons (Fsp3) is 0.188. The maximum atomic E-state index is 6.21. The average molecular weight is 328 g/mol. The maximum Gasteiger partial charge on any atom is 0.124 e. The normalized spacial score (nSPS) is 23.0. The van der Waals surface area contributed by atoms with Crippen molar-refractivity contribution in [2.24, 2.45) is 10.7 Å². The van der Waals surface area contributed by atoms with Crippen LogP contribution in [-0.2, 0) is 6.42 Å². The zero-order valence-electron chi connectivity index (χ0n) is 10.8. The summed E-state index contributed by atoms with van der Waals surface area (Å²) in [5.41, 5.74) is 11.3. The molecule has 2 heterocycles. The van der Waals surface area contributed by atoms with Gasteiger partial charge in [0.15, 0.2) is 0 Å².